The molecule has 3 rings (SSSR count). The standard InChI is InChI=1S/C27H22N2O2/c1-31-27(30)23-16-14-22(15-17-23)26(24(18-28)19-29)25(20-10-6-2-3-7-11-20)21-12-8-4-5-9-13-21/h2-17,20-21,25H,1H3. The van der Waals surface area contributed by atoms with E-state index in [0.717, 1.165) is 5.56 Å². The Labute approximate surface area is 182 Å². The van der Waals surface area contributed by atoms with Gasteiger partial charge in [0, 0.05) is 17.8 Å². The number of carbonyl (C=O) groups is 1. The number of esters is 1. The van der Waals surface area contributed by atoms with E-state index in [9.17, 15) is 15.3 Å². The molecule has 4 heteroatoms. The van der Waals surface area contributed by atoms with Crippen LogP contribution >= 0.6 is 0 Å². The zero-order chi connectivity index (χ0) is 22.1. The normalized spacial score (nSPS) is 15.2. The number of ether oxygens (including phenoxy) is 1. The van der Waals surface area contributed by atoms with Crippen LogP contribution in [0, 0.1) is 40.4 Å². The highest BCUT2D eigenvalue weighted by Crippen LogP contribution is 2.41. The van der Waals surface area contributed by atoms with Crippen molar-refractivity contribution >= 4 is 11.5 Å². The molecule has 0 unspecified atom stereocenters. The van der Waals surface area contributed by atoms with E-state index in [4.69, 9.17) is 4.74 Å². The third kappa shape index (κ3) is 5.07. The molecular formula is C27H22N2O2. The third-order valence-corrected chi connectivity index (χ3v) is 5.27. The number of benzene rings is 1. The van der Waals surface area contributed by atoms with Crippen molar-refractivity contribution in [1.29, 1.82) is 10.5 Å². The molecule has 0 atom stereocenters. The Balaban J connectivity index is 2.19. The van der Waals surface area contributed by atoms with Gasteiger partial charge in [0.25, 0.3) is 0 Å². The summed E-state index contributed by atoms with van der Waals surface area (Å²) in [7, 11) is 1.33. The molecule has 0 aliphatic heterocycles. The Kier molecular flexibility index (Phi) is 7.35. The van der Waals surface area contributed by atoms with E-state index in [-0.39, 0.29) is 23.3 Å². The average molecular weight is 406 g/mol. The van der Waals surface area contributed by atoms with E-state index >= 15 is 0 Å². The first-order valence-electron chi connectivity index (χ1n) is 9.96. The second-order valence-corrected chi connectivity index (χ2v) is 7.07. The smallest absolute Gasteiger partial charge is 0.337 e. The van der Waals surface area contributed by atoms with Crippen molar-refractivity contribution in [2.75, 3.05) is 7.11 Å². The van der Waals surface area contributed by atoms with Crippen LogP contribution in [0.5, 0.6) is 0 Å². The fourth-order valence-electron chi connectivity index (χ4n) is 3.83. The van der Waals surface area contributed by atoms with Gasteiger partial charge in [-0.05, 0) is 23.3 Å². The van der Waals surface area contributed by atoms with Gasteiger partial charge in [0.1, 0.15) is 17.7 Å². The van der Waals surface area contributed by atoms with Gasteiger partial charge in [-0.15, -0.1) is 0 Å². The van der Waals surface area contributed by atoms with Crippen molar-refractivity contribution in [3.05, 3.63) is 114 Å². The van der Waals surface area contributed by atoms with Crippen LogP contribution in [0.25, 0.3) is 5.57 Å². The van der Waals surface area contributed by atoms with Crippen LogP contribution < -0.4 is 0 Å². The summed E-state index contributed by atoms with van der Waals surface area (Å²) >= 11 is 0. The quantitative estimate of drug-likeness (QED) is 0.479. The summed E-state index contributed by atoms with van der Waals surface area (Å²) in [4.78, 5) is 11.9. The van der Waals surface area contributed by atoms with E-state index in [2.05, 4.69) is 36.4 Å². The molecule has 0 radical (unpaired) electrons. The number of methoxy groups -OCH3 is 1. The monoisotopic (exact) mass is 406 g/mol. The molecule has 31 heavy (non-hydrogen) atoms. The first-order valence-corrected chi connectivity index (χ1v) is 9.96. The van der Waals surface area contributed by atoms with Gasteiger partial charge in [0.2, 0.25) is 0 Å². The average Bonchev–Trinajstić information content (AvgIpc) is 3.24. The first-order chi connectivity index (χ1) is 15.2. The summed E-state index contributed by atoms with van der Waals surface area (Å²) in [6.45, 7) is 0. The SMILES string of the molecule is COC(=O)c1ccc(C(=C(C#N)C#N)C(C2C=CC=CC=C2)C2C=CC=CC=C2)cc1. The minimum absolute atomic E-state index is 0.0422. The van der Waals surface area contributed by atoms with E-state index < -0.39 is 5.97 Å². The second kappa shape index (κ2) is 10.6. The Hall–Kier alpha value is -4.15. The van der Waals surface area contributed by atoms with Gasteiger partial charge in [-0.1, -0.05) is 85.0 Å². The predicted octanol–water partition coefficient (Wildman–Crippen LogP) is 5.49. The van der Waals surface area contributed by atoms with Gasteiger partial charge in [0.15, 0.2) is 0 Å². The number of allylic oxidation sites excluding steroid dienone is 14. The Morgan fingerprint density at radius 3 is 1.58 bits per heavy atom. The molecule has 1 aromatic carbocycles. The van der Waals surface area contributed by atoms with Crippen molar-refractivity contribution in [2.45, 2.75) is 0 Å². The van der Waals surface area contributed by atoms with Crippen molar-refractivity contribution < 1.29 is 9.53 Å². The molecule has 152 valence electrons. The Morgan fingerprint density at radius 1 is 0.774 bits per heavy atom. The minimum atomic E-state index is -0.434. The molecule has 0 saturated carbocycles. The molecule has 0 fully saturated rings. The minimum Gasteiger partial charge on any atom is -0.465 e. The fraction of sp³-hybridized carbons (Fsp3) is 0.148. The highest BCUT2D eigenvalue weighted by molar-refractivity contribution is 5.90. The predicted molar refractivity (Wildman–Crippen MR) is 121 cm³/mol. The van der Waals surface area contributed by atoms with E-state index in [0.29, 0.717) is 11.1 Å². The fourth-order valence-corrected chi connectivity index (χ4v) is 3.83. The molecule has 0 N–H and O–H groups in total. The van der Waals surface area contributed by atoms with Crippen LogP contribution in [-0.2, 0) is 4.74 Å². The molecule has 0 spiro atoms. The summed E-state index contributed by atoms with van der Waals surface area (Å²) in [5.74, 6) is -0.715. The van der Waals surface area contributed by atoms with Crippen molar-refractivity contribution in [3.8, 4) is 12.1 Å². The van der Waals surface area contributed by atoms with Gasteiger partial charge in [-0.25, -0.2) is 4.79 Å². The van der Waals surface area contributed by atoms with Gasteiger partial charge in [-0.3, -0.25) is 0 Å². The maximum atomic E-state index is 11.9. The molecule has 0 heterocycles. The lowest BCUT2D eigenvalue weighted by Gasteiger charge is -2.30. The summed E-state index contributed by atoms with van der Waals surface area (Å²) in [6, 6.07) is 11.0. The Bertz CT molecular complexity index is 1030. The van der Waals surface area contributed by atoms with E-state index in [1.54, 1.807) is 24.3 Å². The van der Waals surface area contributed by atoms with Crippen LogP contribution in [0.3, 0.4) is 0 Å². The van der Waals surface area contributed by atoms with E-state index in [1.807, 2.05) is 48.6 Å². The zero-order valence-corrected chi connectivity index (χ0v) is 17.2. The number of hydrogen-bond donors (Lipinski definition) is 0. The van der Waals surface area contributed by atoms with Crippen LogP contribution in [0.4, 0.5) is 0 Å². The number of carbonyl (C=O) groups excluding carboxylic acids is 1. The highest BCUT2D eigenvalue weighted by Gasteiger charge is 2.31. The highest BCUT2D eigenvalue weighted by atomic mass is 16.5. The molecular weight excluding hydrogens is 384 g/mol. The first kappa shape index (κ1) is 21.6. The largest absolute Gasteiger partial charge is 0.465 e. The number of nitrogens with zero attached hydrogens (tertiary/aromatic N) is 2. The number of nitriles is 2. The van der Waals surface area contributed by atoms with Crippen molar-refractivity contribution in [2.24, 2.45) is 17.8 Å². The third-order valence-electron chi connectivity index (χ3n) is 5.27. The lowest BCUT2D eigenvalue weighted by atomic mass is 9.72. The molecule has 1 aromatic rings. The second-order valence-electron chi connectivity index (χ2n) is 7.07. The molecule has 4 nitrogen and oxygen atoms in total. The maximum Gasteiger partial charge on any atom is 0.337 e. The molecule has 2 aliphatic rings. The number of rotatable bonds is 5. The lowest BCUT2D eigenvalue weighted by Crippen LogP contribution is -2.22. The molecule has 0 aromatic heterocycles. The topological polar surface area (TPSA) is 73.9 Å². The Morgan fingerprint density at radius 2 is 1.19 bits per heavy atom. The van der Waals surface area contributed by atoms with Crippen LogP contribution in [-0.4, -0.2) is 13.1 Å². The molecule has 2 aliphatic carbocycles. The van der Waals surface area contributed by atoms with Gasteiger partial charge in [0.05, 0.1) is 12.7 Å². The van der Waals surface area contributed by atoms with Crippen LogP contribution in [0.15, 0.2) is 103 Å². The summed E-state index contributed by atoms with van der Waals surface area (Å²) in [5, 5.41) is 19.6. The van der Waals surface area contributed by atoms with Crippen molar-refractivity contribution in [3.63, 3.8) is 0 Å². The molecule has 0 saturated heterocycles. The van der Waals surface area contributed by atoms with E-state index in [1.165, 1.54) is 7.11 Å². The molecule has 0 amide bonds. The van der Waals surface area contributed by atoms with Crippen molar-refractivity contribution in [1.82, 2.24) is 0 Å². The summed E-state index contributed by atoms with van der Waals surface area (Å²) in [6.07, 6.45) is 24.1. The lowest BCUT2D eigenvalue weighted by molar-refractivity contribution is 0.0600. The van der Waals surface area contributed by atoms with Gasteiger partial charge < -0.3 is 4.74 Å². The summed E-state index contributed by atoms with van der Waals surface area (Å²) < 4.78 is 4.79. The maximum absolute atomic E-state index is 11.9. The number of hydrogen-bond acceptors (Lipinski definition) is 4. The summed E-state index contributed by atoms with van der Waals surface area (Å²) in [5.41, 5.74) is 1.86. The van der Waals surface area contributed by atoms with Gasteiger partial charge >= 0.3 is 5.97 Å². The van der Waals surface area contributed by atoms with Crippen LogP contribution in [0.2, 0.25) is 0 Å². The zero-order valence-electron chi connectivity index (χ0n) is 17.2. The van der Waals surface area contributed by atoms with Crippen LogP contribution in [0.1, 0.15) is 15.9 Å². The molecule has 0 bridgehead atoms. The van der Waals surface area contributed by atoms with Gasteiger partial charge in [-0.2, -0.15) is 10.5 Å².